The van der Waals surface area contributed by atoms with E-state index in [-0.39, 0.29) is 0 Å². The fourth-order valence-corrected chi connectivity index (χ4v) is 4.61. The van der Waals surface area contributed by atoms with E-state index in [1.165, 1.54) is 52.8 Å². The summed E-state index contributed by atoms with van der Waals surface area (Å²) < 4.78 is 0. The van der Waals surface area contributed by atoms with Crippen molar-refractivity contribution in [2.24, 2.45) is 0 Å². The van der Waals surface area contributed by atoms with Crippen LogP contribution in [-0.4, -0.2) is 32.4 Å². The molecule has 1 fully saturated rings. The zero-order chi connectivity index (χ0) is 16.8. The summed E-state index contributed by atoms with van der Waals surface area (Å²) in [5, 5.41) is 0. The van der Waals surface area contributed by atoms with E-state index < -0.39 is 0 Å². The van der Waals surface area contributed by atoms with Crippen LogP contribution in [0, 0.1) is 6.92 Å². The van der Waals surface area contributed by atoms with Gasteiger partial charge in [-0.1, -0.05) is 6.07 Å². The molecule has 4 heteroatoms. The van der Waals surface area contributed by atoms with Gasteiger partial charge in [-0.2, -0.15) is 0 Å². The van der Waals surface area contributed by atoms with Crippen LogP contribution in [0.3, 0.4) is 0 Å². The summed E-state index contributed by atoms with van der Waals surface area (Å²) in [6, 6.07) is 7.16. The second-order valence-corrected chi connectivity index (χ2v) is 7.56. The third kappa shape index (κ3) is 2.65. The maximum absolute atomic E-state index is 4.91. The number of pyridine rings is 2. The molecule has 0 radical (unpaired) electrons. The Bertz CT molecular complexity index is 913. The Kier molecular flexibility index (Phi) is 3.59. The molecule has 1 N–H and O–H groups in total. The second kappa shape index (κ2) is 5.95. The van der Waals surface area contributed by atoms with Gasteiger partial charge < -0.3 is 4.98 Å². The second-order valence-electron chi connectivity index (χ2n) is 7.56. The number of hydrogen-bond acceptors (Lipinski definition) is 3. The summed E-state index contributed by atoms with van der Waals surface area (Å²) in [6.45, 7) is 4.43. The lowest BCUT2D eigenvalue weighted by Crippen LogP contribution is -2.35. The number of aromatic nitrogens is 3. The average Bonchev–Trinajstić information content (AvgIpc) is 3.22. The average molecular weight is 332 g/mol. The largest absolute Gasteiger partial charge is 0.357 e. The molecule has 5 heterocycles. The SMILES string of the molecule is Cc1cc(CCc2cccnc2)c2[nH]c3c(c2n1)CN1CCCC1C3. The summed E-state index contributed by atoms with van der Waals surface area (Å²) in [6.07, 6.45) is 9.70. The third-order valence-corrected chi connectivity index (χ3v) is 5.86. The molecule has 3 aromatic rings. The monoisotopic (exact) mass is 332 g/mol. The number of fused-ring (bicyclic) bond motifs is 4. The van der Waals surface area contributed by atoms with Gasteiger partial charge in [0, 0.05) is 48.4 Å². The standard InChI is InChI=1S/C21H24N4/c1-14-10-16(7-6-15-4-2-8-22-12-15)20-21(23-14)18-13-25-9-3-5-17(25)11-19(18)24-20/h2,4,8,10,12,17,24H,3,5-7,9,11,13H2,1H3. The lowest BCUT2D eigenvalue weighted by atomic mass is 9.99. The van der Waals surface area contributed by atoms with Crippen molar-refractivity contribution >= 4 is 11.0 Å². The van der Waals surface area contributed by atoms with E-state index in [0.29, 0.717) is 0 Å². The van der Waals surface area contributed by atoms with Crippen molar-refractivity contribution in [3.05, 3.63) is 58.7 Å². The van der Waals surface area contributed by atoms with Gasteiger partial charge in [-0.3, -0.25) is 14.9 Å². The molecule has 2 aliphatic heterocycles. The van der Waals surface area contributed by atoms with Crippen LogP contribution in [0.15, 0.2) is 30.6 Å². The van der Waals surface area contributed by atoms with Crippen LogP contribution < -0.4 is 0 Å². The van der Waals surface area contributed by atoms with Crippen molar-refractivity contribution in [3.8, 4) is 0 Å². The summed E-state index contributed by atoms with van der Waals surface area (Å²) in [5.74, 6) is 0. The van der Waals surface area contributed by atoms with E-state index in [9.17, 15) is 0 Å². The molecule has 25 heavy (non-hydrogen) atoms. The van der Waals surface area contributed by atoms with E-state index in [0.717, 1.165) is 37.5 Å². The van der Waals surface area contributed by atoms with Gasteiger partial charge in [0.1, 0.15) is 0 Å². The molecular formula is C21H24N4. The molecule has 4 nitrogen and oxygen atoms in total. The van der Waals surface area contributed by atoms with Crippen LogP contribution in [0.1, 0.15) is 40.9 Å². The molecule has 5 rings (SSSR count). The first kappa shape index (κ1) is 15.1. The number of aryl methyl sites for hydroxylation is 3. The maximum Gasteiger partial charge on any atom is 0.0932 e. The molecule has 0 aromatic carbocycles. The first-order valence-electron chi connectivity index (χ1n) is 9.41. The summed E-state index contributed by atoms with van der Waals surface area (Å²) in [7, 11) is 0. The minimum absolute atomic E-state index is 0.737. The third-order valence-electron chi connectivity index (χ3n) is 5.86. The Morgan fingerprint density at radius 2 is 2.28 bits per heavy atom. The topological polar surface area (TPSA) is 44.8 Å². The molecule has 0 saturated carbocycles. The van der Waals surface area contributed by atoms with Crippen molar-refractivity contribution in [3.63, 3.8) is 0 Å². The first-order chi connectivity index (χ1) is 12.3. The molecule has 128 valence electrons. The van der Waals surface area contributed by atoms with Gasteiger partial charge in [-0.25, -0.2) is 0 Å². The number of aromatic amines is 1. The van der Waals surface area contributed by atoms with E-state index >= 15 is 0 Å². The normalized spacial score (nSPS) is 20.0. The molecular weight excluding hydrogens is 308 g/mol. The van der Waals surface area contributed by atoms with Gasteiger partial charge >= 0.3 is 0 Å². The molecule has 0 amide bonds. The highest BCUT2D eigenvalue weighted by Gasteiger charge is 2.32. The van der Waals surface area contributed by atoms with Crippen molar-refractivity contribution in [2.75, 3.05) is 6.54 Å². The van der Waals surface area contributed by atoms with Gasteiger partial charge in [0.2, 0.25) is 0 Å². The lowest BCUT2D eigenvalue weighted by molar-refractivity contribution is 0.227. The van der Waals surface area contributed by atoms with Crippen molar-refractivity contribution in [1.29, 1.82) is 0 Å². The number of nitrogens with zero attached hydrogens (tertiary/aromatic N) is 3. The molecule has 3 aromatic heterocycles. The molecule has 0 bridgehead atoms. The Labute approximate surface area is 148 Å². The van der Waals surface area contributed by atoms with Gasteiger partial charge in [-0.15, -0.1) is 0 Å². The zero-order valence-corrected chi connectivity index (χ0v) is 14.8. The smallest absolute Gasteiger partial charge is 0.0932 e. The number of rotatable bonds is 3. The molecule has 2 aliphatic rings. The highest BCUT2D eigenvalue weighted by atomic mass is 15.2. The van der Waals surface area contributed by atoms with E-state index in [4.69, 9.17) is 4.98 Å². The summed E-state index contributed by atoms with van der Waals surface area (Å²) in [4.78, 5) is 15.5. The molecule has 1 saturated heterocycles. The fourth-order valence-electron chi connectivity index (χ4n) is 4.61. The van der Waals surface area contributed by atoms with Gasteiger partial charge in [-0.05, 0) is 62.4 Å². The van der Waals surface area contributed by atoms with E-state index in [2.05, 4.69) is 33.9 Å². The lowest BCUT2D eigenvalue weighted by Gasteiger charge is -2.29. The first-order valence-corrected chi connectivity index (χ1v) is 9.41. The minimum atomic E-state index is 0.737. The predicted molar refractivity (Wildman–Crippen MR) is 99.6 cm³/mol. The summed E-state index contributed by atoms with van der Waals surface area (Å²) in [5.41, 5.74) is 9.16. The Hall–Kier alpha value is -2.20. The molecule has 1 unspecified atom stereocenters. The predicted octanol–water partition coefficient (Wildman–Crippen LogP) is 3.57. The van der Waals surface area contributed by atoms with Crippen molar-refractivity contribution in [2.45, 2.75) is 51.6 Å². The fraction of sp³-hybridized carbons (Fsp3) is 0.429. The van der Waals surface area contributed by atoms with Gasteiger partial charge in [0.25, 0.3) is 0 Å². The summed E-state index contributed by atoms with van der Waals surface area (Å²) >= 11 is 0. The van der Waals surface area contributed by atoms with Crippen molar-refractivity contribution in [1.82, 2.24) is 19.9 Å². The zero-order valence-electron chi connectivity index (χ0n) is 14.8. The van der Waals surface area contributed by atoms with Gasteiger partial charge in [0.05, 0.1) is 11.0 Å². The number of H-pyrrole nitrogens is 1. The molecule has 0 aliphatic carbocycles. The van der Waals surface area contributed by atoms with Crippen LogP contribution in [0.5, 0.6) is 0 Å². The van der Waals surface area contributed by atoms with Crippen LogP contribution >= 0.6 is 0 Å². The van der Waals surface area contributed by atoms with Crippen LogP contribution in [0.2, 0.25) is 0 Å². The Morgan fingerprint density at radius 1 is 1.32 bits per heavy atom. The van der Waals surface area contributed by atoms with Crippen LogP contribution in [0.4, 0.5) is 0 Å². The molecule has 1 atom stereocenters. The Morgan fingerprint density at radius 3 is 3.16 bits per heavy atom. The maximum atomic E-state index is 4.91. The van der Waals surface area contributed by atoms with E-state index in [1.54, 1.807) is 0 Å². The van der Waals surface area contributed by atoms with Crippen molar-refractivity contribution < 1.29 is 0 Å². The number of hydrogen-bond donors (Lipinski definition) is 1. The van der Waals surface area contributed by atoms with Gasteiger partial charge in [0.15, 0.2) is 0 Å². The Balaban J connectivity index is 1.52. The highest BCUT2D eigenvalue weighted by molar-refractivity contribution is 5.84. The minimum Gasteiger partial charge on any atom is -0.357 e. The van der Waals surface area contributed by atoms with Crippen LogP contribution in [0.25, 0.3) is 11.0 Å². The molecule has 0 spiro atoms. The quantitative estimate of drug-likeness (QED) is 0.797. The highest BCUT2D eigenvalue weighted by Crippen LogP contribution is 2.34. The van der Waals surface area contributed by atoms with Crippen LogP contribution in [-0.2, 0) is 25.8 Å². The number of nitrogens with one attached hydrogen (secondary N) is 1. The van der Waals surface area contributed by atoms with E-state index in [1.807, 2.05) is 18.5 Å².